The topological polar surface area (TPSA) is 24.1 Å². The highest BCUT2D eigenvalue weighted by atomic mass is 35.5. The van der Waals surface area contributed by atoms with E-state index < -0.39 is 0 Å². The summed E-state index contributed by atoms with van der Waals surface area (Å²) in [6.07, 6.45) is 1.01. The number of rotatable bonds is 4. The fourth-order valence-electron chi connectivity index (χ4n) is 2.07. The fraction of sp³-hybridized carbons (Fsp3) is 0.235. The monoisotopic (exact) mass is 318 g/mol. The van der Waals surface area contributed by atoms with Crippen molar-refractivity contribution in [1.82, 2.24) is 5.32 Å². The van der Waals surface area contributed by atoms with Gasteiger partial charge in [0.1, 0.15) is 0 Å². The second-order valence-corrected chi connectivity index (χ2v) is 5.77. The van der Waals surface area contributed by atoms with Gasteiger partial charge in [0.2, 0.25) is 0 Å². The molecule has 0 aliphatic heterocycles. The van der Waals surface area contributed by atoms with Crippen molar-refractivity contribution in [1.29, 1.82) is 0 Å². The molecule has 2 nitrogen and oxygen atoms in total. The van der Waals surface area contributed by atoms with Crippen LogP contribution < -0.4 is 10.6 Å². The smallest absolute Gasteiger partial charge is 0.171 e. The molecule has 1 atom stereocenters. The highest BCUT2D eigenvalue weighted by Gasteiger charge is 2.07. The summed E-state index contributed by atoms with van der Waals surface area (Å²) >= 11 is 11.3. The van der Waals surface area contributed by atoms with Gasteiger partial charge in [0.15, 0.2) is 5.11 Å². The van der Waals surface area contributed by atoms with Crippen molar-refractivity contribution < 1.29 is 0 Å². The van der Waals surface area contributed by atoms with Gasteiger partial charge in [-0.2, -0.15) is 0 Å². The maximum atomic E-state index is 5.90. The molecule has 0 heterocycles. The molecule has 110 valence electrons. The van der Waals surface area contributed by atoms with E-state index in [4.69, 9.17) is 23.8 Å². The lowest BCUT2D eigenvalue weighted by Gasteiger charge is -2.17. The van der Waals surface area contributed by atoms with Crippen molar-refractivity contribution in [2.45, 2.75) is 26.3 Å². The maximum Gasteiger partial charge on any atom is 0.171 e. The molecule has 2 aromatic rings. The van der Waals surface area contributed by atoms with Crippen LogP contribution in [0.3, 0.4) is 0 Å². The maximum absolute atomic E-state index is 5.90. The van der Waals surface area contributed by atoms with Crippen molar-refractivity contribution >= 4 is 34.6 Å². The third-order valence-electron chi connectivity index (χ3n) is 3.31. The first kappa shape index (κ1) is 15.8. The standard InChI is InChI=1S/C17H19ClN2S/c1-3-13-5-4-6-16(11-13)20-17(21)19-12(2)14-7-9-15(18)10-8-14/h4-12H,3H2,1-2H3,(H2,19,20,21)/t12-/m1/s1. The SMILES string of the molecule is CCc1cccc(NC(=S)N[C@H](C)c2ccc(Cl)cc2)c1. The quantitative estimate of drug-likeness (QED) is 0.780. The summed E-state index contributed by atoms with van der Waals surface area (Å²) in [5, 5.41) is 7.86. The van der Waals surface area contributed by atoms with Crippen molar-refractivity contribution in [3.63, 3.8) is 0 Å². The Kier molecular flexibility index (Phi) is 5.59. The van der Waals surface area contributed by atoms with Gasteiger partial charge in [-0.1, -0.05) is 42.8 Å². The molecule has 4 heteroatoms. The van der Waals surface area contributed by atoms with E-state index in [2.05, 4.69) is 36.6 Å². The molecule has 2 aromatic carbocycles. The van der Waals surface area contributed by atoms with E-state index in [0.29, 0.717) is 5.11 Å². The van der Waals surface area contributed by atoms with Gasteiger partial charge < -0.3 is 10.6 Å². The molecule has 0 fully saturated rings. The lowest BCUT2D eigenvalue weighted by atomic mass is 10.1. The van der Waals surface area contributed by atoms with Crippen LogP contribution in [-0.2, 0) is 6.42 Å². The molecule has 0 aliphatic carbocycles. The Labute approximate surface area is 136 Å². The average Bonchev–Trinajstić information content (AvgIpc) is 2.47. The Hall–Kier alpha value is -1.58. The van der Waals surface area contributed by atoms with E-state index in [0.717, 1.165) is 22.7 Å². The van der Waals surface area contributed by atoms with E-state index in [9.17, 15) is 0 Å². The van der Waals surface area contributed by atoms with Gasteiger partial charge in [-0.25, -0.2) is 0 Å². The summed E-state index contributed by atoms with van der Waals surface area (Å²) in [5.74, 6) is 0. The third-order valence-corrected chi connectivity index (χ3v) is 3.78. The molecule has 0 saturated heterocycles. The second kappa shape index (κ2) is 7.43. The van der Waals surface area contributed by atoms with Crippen molar-refractivity contribution in [3.8, 4) is 0 Å². The third kappa shape index (κ3) is 4.73. The highest BCUT2D eigenvalue weighted by molar-refractivity contribution is 7.80. The van der Waals surface area contributed by atoms with Crippen molar-refractivity contribution in [2.24, 2.45) is 0 Å². The molecular formula is C17H19ClN2S. The van der Waals surface area contributed by atoms with Crippen LogP contribution in [0.1, 0.15) is 31.0 Å². The van der Waals surface area contributed by atoms with Crippen LogP contribution in [0.25, 0.3) is 0 Å². The molecule has 2 rings (SSSR count). The van der Waals surface area contributed by atoms with Crippen LogP contribution in [0.4, 0.5) is 5.69 Å². The summed E-state index contributed by atoms with van der Waals surface area (Å²) in [6.45, 7) is 4.21. The van der Waals surface area contributed by atoms with Gasteiger partial charge in [0.05, 0.1) is 6.04 Å². The fourth-order valence-corrected chi connectivity index (χ4v) is 2.49. The highest BCUT2D eigenvalue weighted by Crippen LogP contribution is 2.16. The number of hydrogen-bond acceptors (Lipinski definition) is 1. The van der Waals surface area contributed by atoms with Crippen LogP contribution in [0.5, 0.6) is 0 Å². The molecule has 0 spiro atoms. The molecule has 2 N–H and O–H groups in total. The average molecular weight is 319 g/mol. The summed E-state index contributed by atoms with van der Waals surface area (Å²) in [4.78, 5) is 0. The second-order valence-electron chi connectivity index (χ2n) is 4.93. The molecule has 0 unspecified atom stereocenters. The molecule has 0 aromatic heterocycles. The number of halogens is 1. The van der Waals surface area contributed by atoms with Gasteiger partial charge in [0, 0.05) is 10.7 Å². The lowest BCUT2D eigenvalue weighted by molar-refractivity contribution is 0.722. The largest absolute Gasteiger partial charge is 0.356 e. The lowest BCUT2D eigenvalue weighted by Crippen LogP contribution is -2.30. The molecule has 0 bridgehead atoms. The van der Waals surface area contributed by atoms with Crippen LogP contribution in [0, 0.1) is 0 Å². The summed E-state index contributed by atoms with van der Waals surface area (Å²) in [7, 11) is 0. The molecular weight excluding hydrogens is 300 g/mol. The van der Waals surface area contributed by atoms with Crippen LogP contribution in [0.15, 0.2) is 48.5 Å². The van der Waals surface area contributed by atoms with Gasteiger partial charge in [-0.15, -0.1) is 0 Å². The van der Waals surface area contributed by atoms with Crippen LogP contribution >= 0.6 is 23.8 Å². The van der Waals surface area contributed by atoms with E-state index in [1.807, 2.05) is 36.4 Å². The van der Waals surface area contributed by atoms with Crippen LogP contribution in [0.2, 0.25) is 5.02 Å². The Morgan fingerprint density at radius 2 is 1.90 bits per heavy atom. The van der Waals surface area contributed by atoms with Gasteiger partial charge in [-0.05, 0) is 61.0 Å². The normalized spacial score (nSPS) is 11.8. The number of benzene rings is 2. The Morgan fingerprint density at radius 3 is 2.57 bits per heavy atom. The Morgan fingerprint density at radius 1 is 1.19 bits per heavy atom. The number of anilines is 1. The molecule has 21 heavy (non-hydrogen) atoms. The van der Waals surface area contributed by atoms with E-state index in [1.165, 1.54) is 5.56 Å². The predicted molar refractivity (Wildman–Crippen MR) is 95.0 cm³/mol. The zero-order valence-electron chi connectivity index (χ0n) is 12.2. The Balaban J connectivity index is 1.96. The minimum absolute atomic E-state index is 0.122. The first-order chi connectivity index (χ1) is 10.1. The number of aryl methyl sites for hydroxylation is 1. The van der Waals surface area contributed by atoms with E-state index >= 15 is 0 Å². The molecule has 0 aliphatic rings. The Bertz CT molecular complexity index is 610. The predicted octanol–water partition coefficient (Wildman–Crippen LogP) is 4.95. The van der Waals surface area contributed by atoms with Crippen LogP contribution in [-0.4, -0.2) is 5.11 Å². The van der Waals surface area contributed by atoms with Gasteiger partial charge >= 0.3 is 0 Å². The minimum Gasteiger partial charge on any atom is -0.356 e. The van der Waals surface area contributed by atoms with Gasteiger partial charge in [0.25, 0.3) is 0 Å². The first-order valence-electron chi connectivity index (χ1n) is 7.00. The van der Waals surface area contributed by atoms with Crippen molar-refractivity contribution in [2.75, 3.05) is 5.32 Å². The summed E-state index contributed by atoms with van der Waals surface area (Å²) in [5.41, 5.74) is 3.44. The summed E-state index contributed by atoms with van der Waals surface area (Å²) in [6, 6.07) is 16.2. The van der Waals surface area contributed by atoms with Gasteiger partial charge in [-0.3, -0.25) is 0 Å². The number of thiocarbonyl (C=S) groups is 1. The first-order valence-corrected chi connectivity index (χ1v) is 7.79. The number of nitrogens with one attached hydrogen (secondary N) is 2. The summed E-state index contributed by atoms with van der Waals surface area (Å²) < 4.78 is 0. The number of hydrogen-bond donors (Lipinski definition) is 2. The van der Waals surface area contributed by atoms with E-state index in [1.54, 1.807) is 0 Å². The van der Waals surface area contributed by atoms with Crippen molar-refractivity contribution in [3.05, 3.63) is 64.7 Å². The molecule has 0 saturated carbocycles. The zero-order valence-corrected chi connectivity index (χ0v) is 13.8. The molecule has 0 radical (unpaired) electrons. The minimum atomic E-state index is 0.122. The zero-order chi connectivity index (χ0) is 15.2. The van der Waals surface area contributed by atoms with E-state index in [-0.39, 0.29) is 6.04 Å². The molecule has 0 amide bonds.